The number of ether oxygens (including phenoxy) is 1. The van der Waals surface area contributed by atoms with Gasteiger partial charge in [0.1, 0.15) is 36.3 Å². The van der Waals surface area contributed by atoms with Crippen LogP contribution in [0.15, 0.2) is 12.7 Å². The molecular weight excluding hydrogens is 855 g/mol. The molecule has 1 saturated heterocycles. The highest BCUT2D eigenvalue weighted by Crippen LogP contribution is 2.61. The van der Waals surface area contributed by atoms with E-state index in [9.17, 15) is 67.8 Å². The highest BCUT2D eigenvalue weighted by molar-refractivity contribution is 8.13. The van der Waals surface area contributed by atoms with E-state index in [0.29, 0.717) is 0 Å². The number of nitrogens with one attached hydrogen (secondary N) is 2. The van der Waals surface area contributed by atoms with Crippen LogP contribution in [0.2, 0.25) is 0 Å². The lowest BCUT2D eigenvalue weighted by atomic mass is 9.87. The van der Waals surface area contributed by atoms with Crippen LogP contribution in [-0.4, -0.2) is 145 Å². The van der Waals surface area contributed by atoms with E-state index < -0.39 is 108 Å². The molecule has 27 nitrogen and oxygen atoms in total. The number of carbonyl (C=O) groups is 4. The van der Waals surface area contributed by atoms with E-state index in [1.807, 2.05) is 0 Å². The Morgan fingerprint density at radius 2 is 1.68 bits per heavy atom. The van der Waals surface area contributed by atoms with Crippen molar-refractivity contribution < 1.29 is 95.5 Å². The van der Waals surface area contributed by atoms with E-state index in [1.54, 1.807) is 0 Å². The van der Waals surface area contributed by atoms with Crippen LogP contribution in [0.3, 0.4) is 0 Å². The van der Waals surface area contributed by atoms with Crippen molar-refractivity contribution in [3.8, 4) is 0 Å². The van der Waals surface area contributed by atoms with Crippen molar-refractivity contribution in [3.05, 3.63) is 12.7 Å². The van der Waals surface area contributed by atoms with Crippen molar-refractivity contribution in [1.82, 2.24) is 30.2 Å². The predicted molar refractivity (Wildman–Crippen MR) is 190 cm³/mol. The lowest BCUT2D eigenvalue weighted by Crippen LogP contribution is -2.46. The van der Waals surface area contributed by atoms with Gasteiger partial charge in [-0.3, -0.25) is 37.3 Å². The number of hydrogen-bond acceptors (Lipinski definition) is 20. The molecule has 2 unspecified atom stereocenters. The van der Waals surface area contributed by atoms with Gasteiger partial charge in [-0.1, -0.05) is 25.6 Å². The number of phosphoric acid groups is 3. The second-order valence-electron chi connectivity index (χ2n) is 12.7. The van der Waals surface area contributed by atoms with Gasteiger partial charge in [-0.05, 0) is 0 Å². The van der Waals surface area contributed by atoms with Crippen LogP contribution < -0.4 is 16.4 Å². The Bertz CT molecular complexity index is 1900. The van der Waals surface area contributed by atoms with Crippen molar-refractivity contribution in [1.29, 1.82) is 0 Å². The fourth-order valence-corrected chi connectivity index (χ4v) is 8.39. The maximum atomic E-state index is 12.7. The highest BCUT2D eigenvalue weighted by atomic mass is 32.2. The van der Waals surface area contributed by atoms with E-state index >= 15 is 0 Å². The summed E-state index contributed by atoms with van der Waals surface area (Å²) in [7, 11) is -16.5. The summed E-state index contributed by atoms with van der Waals surface area (Å²) in [6, 6.07) is 0. The van der Waals surface area contributed by atoms with Gasteiger partial charge in [0.2, 0.25) is 11.8 Å². The topological polar surface area (TPSA) is 421 Å². The van der Waals surface area contributed by atoms with Crippen LogP contribution in [-0.2, 0) is 55.5 Å². The Morgan fingerprint density at radius 3 is 2.33 bits per heavy atom. The van der Waals surface area contributed by atoms with Gasteiger partial charge in [-0.25, -0.2) is 28.6 Å². The SMILES string of the molecule is CC(C)(COP(=O)(O)OP(=O)(O)OC[C@H]1O[C@@H](n2cnc3c(N)ncnc32)[C@H](O)[C@@H]1OP(=O)(O)O)[C@@H](O)C(=O)NCCC(=O)NCCSC(=O)C[C@@H](O)CC(=O)O. The lowest BCUT2D eigenvalue weighted by molar-refractivity contribution is -0.139. The molecule has 3 heterocycles. The zero-order chi connectivity index (χ0) is 42.9. The molecule has 2 amide bonds. The van der Waals surface area contributed by atoms with Crippen LogP contribution in [0.4, 0.5) is 5.82 Å². The molecule has 0 spiro atoms. The number of phosphoric ester groups is 3. The summed E-state index contributed by atoms with van der Waals surface area (Å²) in [6.07, 6.45) is -9.48. The van der Waals surface area contributed by atoms with Crippen LogP contribution in [0.1, 0.15) is 39.3 Å². The molecule has 8 atom stereocenters. The number of aliphatic carboxylic acids is 1. The largest absolute Gasteiger partial charge is 0.481 e. The number of nitrogens with zero attached hydrogens (tertiary/aromatic N) is 4. The first kappa shape index (κ1) is 48.4. The number of carboxylic acid groups (broad SMARTS) is 1. The standard InChI is InChI=1S/C26H42N7O20P3S/c1-26(2,21(40)24(41)29-4-3-15(35)28-5-6-57-17(38)8-13(34)7-16(36)37)10-50-56(47,48)53-55(45,46)49-9-14-20(52-54(42,43)44)19(39)25(51-14)33-12-32-18-22(27)30-11-31-23(18)33/h11-14,19-21,25,34,39-40H,3-10H2,1-2H3,(H,28,35)(H,29,41)(H,36,37)(H,45,46)(H,47,48)(H2,27,30,31)(H2,42,43,44)/t13-,14+,19+,20+,21-,25+/m0/s1. The molecule has 0 aliphatic carbocycles. The first-order chi connectivity index (χ1) is 26.3. The summed E-state index contributed by atoms with van der Waals surface area (Å²) in [5.74, 6) is -2.79. The molecule has 322 valence electrons. The van der Waals surface area contributed by atoms with E-state index in [4.69, 9.17) is 24.6 Å². The molecule has 0 radical (unpaired) electrons. The number of nitrogen functional groups attached to an aromatic ring is 1. The van der Waals surface area contributed by atoms with Gasteiger partial charge in [0.05, 0.1) is 32.1 Å². The predicted octanol–water partition coefficient (Wildman–Crippen LogP) is -2.11. The van der Waals surface area contributed by atoms with Gasteiger partial charge in [-0.2, -0.15) is 4.31 Å². The number of rotatable bonds is 23. The number of anilines is 1. The number of aromatic nitrogens is 4. The van der Waals surface area contributed by atoms with Crippen LogP contribution in [0.25, 0.3) is 11.2 Å². The second-order valence-corrected chi connectivity index (χ2v) is 18.1. The summed E-state index contributed by atoms with van der Waals surface area (Å²) in [6.45, 7) is 0.0945. The minimum absolute atomic E-state index is 0.0151. The van der Waals surface area contributed by atoms with E-state index in [-0.39, 0.29) is 48.7 Å². The average molecular weight is 898 g/mol. The number of amides is 2. The number of carbonyl (C=O) groups excluding carboxylic acids is 3. The molecule has 1 fully saturated rings. The molecule has 57 heavy (non-hydrogen) atoms. The van der Waals surface area contributed by atoms with E-state index in [0.717, 1.165) is 29.0 Å². The number of aliphatic hydroxyl groups is 3. The minimum atomic E-state index is -5.60. The number of imidazole rings is 1. The maximum Gasteiger partial charge on any atom is 0.481 e. The first-order valence-electron chi connectivity index (χ1n) is 16.3. The normalized spacial score (nSPS) is 22.0. The van der Waals surface area contributed by atoms with Crippen molar-refractivity contribution in [2.75, 3.05) is 37.8 Å². The average Bonchev–Trinajstić information content (AvgIpc) is 3.64. The summed E-state index contributed by atoms with van der Waals surface area (Å²) < 4.78 is 61.9. The lowest BCUT2D eigenvalue weighted by Gasteiger charge is -2.30. The zero-order valence-electron chi connectivity index (χ0n) is 29.9. The van der Waals surface area contributed by atoms with E-state index in [1.165, 1.54) is 13.8 Å². The molecule has 1 aliphatic rings. The second kappa shape index (κ2) is 20.3. The van der Waals surface area contributed by atoms with Crippen LogP contribution in [0.5, 0.6) is 0 Å². The van der Waals surface area contributed by atoms with Gasteiger partial charge in [0, 0.05) is 37.1 Å². The summed E-state index contributed by atoms with van der Waals surface area (Å²) in [5, 5.41) is 43.7. The Balaban J connectivity index is 1.47. The summed E-state index contributed by atoms with van der Waals surface area (Å²) in [4.78, 5) is 97.7. The van der Waals surface area contributed by atoms with Crippen molar-refractivity contribution >= 4 is 75.1 Å². The van der Waals surface area contributed by atoms with Gasteiger partial charge in [-0.15, -0.1) is 0 Å². The molecule has 1 aliphatic heterocycles. The number of thioether (sulfide) groups is 1. The van der Waals surface area contributed by atoms with Crippen LogP contribution >= 0.6 is 35.2 Å². The summed E-state index contributed by atoms with van der Waals surface area (Å²) in [5.41, 5.74) is 4.17. The number of aliphatic hydroxyl groups excluding tert-OH is 3. The molecule has 2 aromatic rings. The fraction of sp³-hybridized carbons (Fsp3) is 0.654. The molecule has 0 saturated carbocycles. The van der Waals surface area contributed by atoms with Crippen molar-refractivity contribution in [2.45, 2.75) is 69.9 Å². The Morgan fingerprint density at radius 1 is 1.02 bits per heavy atom. The molecule has 12 N–H and O–H groups in total. The molecule has 0 aromatic carbocycles. The zero-order valence-corrected chi connectivity index (χ0v) is 33.4. The maximum absolute atomic E-state index is 12.7. The Kier molecular flexibility index (Phi) is 17.2. The molecular formula is C26H42N7O20P3S. The van der Waals surface area contributed by atoms with Gasteiger partial charge >= 0.3 is 29.4 Å². The van der Waals surface area contributed by atoms with Crippen molar-refractivity contribution in [2.24, 2.45) is 5.41 Å². The third-order valence-electron chi connectivity index (χ3n) is 7.58. The smallest absolute Gasteiger partial charge is 0.481 e. The number of nitrogens with two attached hydrogens (primary N) is 1. The third kappa shape index (κ3) is 15.3. The fourth-order valence-electron chi connectivity index (χ4n) is 4.82. The Labute approximate surface area is 326 Å². The molecule has 31 heteroatoms. The number of fused-ring (bicyclic) bond motifs is 1. The third-order valence-corrected chi connectivity index (χ3v) is 11.6. The number of carboxylic acids is 1. The number of hydrogen-bond donors (Lipinski definition) is 11. The van der Waals surface area contributed by atoms with Crippen molar-refractivity contribution in [3.63, 3.8) is 0 Å². The van der Waals surface area contributed by atoms with Gasteiger partial charge in [0.25, 0.3) is 0 Å². The highest BCUT2D eigenvalue weighted by Gasteiger charge is 2.50. The van der Waals surface area contributed by atoms with Gasteiger partial charge in [0.15, 0.2) is 22.8 Å². The van der Waals surface area contributed by atoms with Gasteiger partial charge < -0.3 is 61.1 Å². The first-order valence-corrected chi connectivity index (χ1v) is 21.8. The quantitative estimate of drug-likeness (QED) is 0.0420. The summed E-state index contributed by atoms with van der Waals surface area (Å²) >= 11 is 0.773. The van der Waals surface area contributed by atoms with Crippen LogP contribution in [0, 0.1) is 5.41 Å². The Hall–Kier alpha value is -3.01. The monoisotopic (exact) mass is 897 g/mol. The molecule has 3 rings (SSSR count). The molecule has 0 bridgehead atoms. The molecule has 2 aromatic heterocycles. The minimum Gasteiger partial charge on any atom is -0.481 e. The van der Waals surface area contributed by atoms with E-state index in [2.05, 4.69) is 34.4 Å².